The van der Waals surface area contributed by atoms with Crippen LogP contribution >= 0.6 is 23.2 Å². The van der Waals surface area contributed by atoms with Gasteiger partial charge >= 0.3 is 0 Å². The number of aromatic nitrogens is 1. The van der Waals surface area contributed by atoms with E-state index in [4.69, 9.17) is 23.2 Å². The maximum absolute atomic E-state index is 6.32. The molecule has 1 aromatic heterocycles. The molecule has 0 aliphatic heterocycles. The maximum atomic E-state index is 6.32. The van der Waals surface area contributed by atoms with Crippen LogP contribution in [0.15, 0.2) is 24.3 Å². The molecule has 0 saturated carbocycles. The van der Waals surface area contributed by atoms with Gasteiger partial charge in [0.25, 0.3) is 0 Å². The smallest absolute Gasteiger partial charge is 0.145 e. The van der Waals surface area contributed by atoms with E-state index in [1.807, 2.05) is 0 Å². The van der Waals surface area contributed by atoms with Gasteiger partial charge in [-0.3, -0.25) is 0 Å². The third-order valence-corrected chi connectivity index (χ3v) is 3.70. The molecule has 0 radical (unpaired) electrons. The molecule has 0 amide bonds. The molecule has 20 heavy (non-hydrogen) atoms. The summed E-state index contributed by atoms with van der Waals surface area (Å²) in [6.45, 7) is 7.05. The fourth-order valence-corrected chi connectivity index (χ4v) is 2.54. The Morgan fingerprint density at radius 1 is 1.10 bits per heavy atom. The Morgan fingerprint density at radius 3 is 2.55 bits per heavy atom. The van der Waals surface area contributed by atoms with E-state index in [2.05, 4.69) is 49.3 Å². The highest BCUT2D eigenvalue weighted by atomic mass is 35.5. The maximum Gasteiger partial charge on any atom is 0.145 e. The molecule has 0 spiro atoms. The van der Waals surface area contributed by atoms with Crippen LogP contribution in [0.2, 0.25) is 10.0 Å². The SMILES string of the molecule is CCCNc1nc(-c2cc(C)ccc2C)c(Cl)cc1Cl. The lowest BCUT2D eigenvalue weighted by molar-refractivity contribution is 0.970. The van der Waals surface area contributed by atoms with Crippen LogP contribution in [0.5, 0.6) is 0 Å². The average Bonchev–Trinajstić information content (AvgIpc) is 2.41. The first-order chi connectivity index (χ1) is 9.52. The fourth-order valence-electron chi connectivity index (χ4n) is 2.01. The second-order valence-electron chi connectivity index (χ2n) is 4.89. The number of aryl methyl sites for hydroxylation is 2. The Hall–Kier alpha value is -1.25. The number of hydrogen-bond donors (Lipinski definition) is 1. The van der Waals surface area contributed by atoms with E-state index >= 15 is 0 Å². The minimum absolute atomic E-state index is 0.553. The average molecular weight is 309 g/mol. The number of pyridine rings is 1. The minimum Gasteiger partial charge on any atom is -0.369 e. The van der Waals surface area contributed by atoms with E-state index in [9.17, 15) is 0 Å². The molecule has 106 valence electrons. The zero-order valence-corrected chi connectivity index (χ0v) is 13.4. The number of rotatable bonds is 4. The van der Waals surface area contributed by atoms with E-state index in [0.717, 1.165) is 29.8 Å². The van der Waals surface area contributed by atoms with E-state index in [0.29, 0.717) is 15.9 Å². The van der Waals surface area contributed by atoms with Crippen LogP contribution in [-0.2, 0) is 0 Å². The predicted octanol–water partition coefficient (Wildman–Crippen LogP) is 5.49. The molecule has 1 N–H and O–H groups in total. The second-order valence-corrected chi connectivity index (χ2v) is 5.71. The molecule has 0 aliphatic carbocycles. The van der Waals surface area contributed by atoms with Crippen molar-refractivity contribution in [3.05, 3.63) is 45.4 Å². The lowest BCUT2D eigenvalue weighted by Gasteiger charge is -2.13. The van der Waals surface area contributed by atoms with Gasteiger partial charge in [0.15, 0.2) is 0 Å². The van der Waals surface area contributed by atoms with E-state index in [1.165, 1.54) is 5.56 Å². The van der Waals surface area contributed by atoms with Crippen LogP contribution in [0.4, 0.5) is 5.82 Å². The number of hydrogen-bond acceptors (Lipinski definition) is 2. The molecular weight excluding hydrogens is 291 g/mol. The predicted molar refractivity (Wildman–Crippen MR) is 87.9 cm³/mol. The first-order valence-corrected chi connectivity index (χ1v) is 7.46. The second kappa shape index (κ2) is 6.47. The summed E-state index contributed by atoms with van der Waals surface area (Å²) in [5, 5.41) is 4.36. The number of halogens is 2. The summed E-state index contributed by atoms with van der Waals surface area (Å²) in [5.41, 5.74) is 4.15. The zero-order valence-electron chi connectivity index (χ0n) is 11.9. The Morgan fingerprint density at radius 2 is 1.85 bits per heavy atom. The molecule has 0 fully saturated rings. The third-order valence-electron chi connectivity index (χ3n) is 3.12. The number of nitrogens with zero attached hydrogens (tertiary/aromatic N) is 1. The number of nitrogens with one attached hydrogen (secondary N) is 1. The lowest BCUT2D eigenvalue weighted by Crippen LogP contribution is -2.04. The molecular formula is C16H18Cl2N2. The molecule has 2 rings (SSSR count). The quantitative estimate of drug-likeness (QED) is 0.807. The highest BCUT2D eigenvalue weighted by Crippen LogP contribution is 2.34. The summed E-state index contributed by atoms with van der Waals surface area (Å²) >= 11 is 12.5. The van der Waals surface area contributed by atoms with Crippen molar-refractivity contribution in [1.29, 1.82) is 0 Å². The minimum atomic E-state index is 0.553. The monoisotopic (exact) mass is 308 g/mol. The van der Waals surface area contributed by atoms with Gasteiger partial charge in [-0.1, -0.05) is 47.8 Å². The van der Waals surface area contributed by atoms with E-state index in [-0.39, 0.29) is 0 Å². The lowest BCUT2D eigenvalue weighted by atomic mass is 10.0. The number of anilines is 1. The first-order valence-electron chi connectivity index (χ1n) is 6.70. The zero-order chi connectivity index (χ0) is 14.7. The summed E-state index contributed by atoms with van der Waals surface area (Å²) < 4.78 is 0. The van der Waals surface area contributed by atoms with Gasteiger partial charge in [0, 0.05) is 12.1 Å². The molecule has 1 aromatic carbocycles. The van der Waals surface area contributed by atoms with Gasteiger partial charge in [-0.2, -0.15) is 0 Å². The molecule has 0 bridgehead atoms. The Balaban J connectivity index is 2.52. The normalized spacial score (nSPS) is 10.7. The Kier molecular flexibility index (Phi) is 4.90. The van der Waals surface area contributed by atoms with E-state index < -0.39 is 0 Å². The van der Waals surface area contributed by atoms with Gasteiger partial charge in [0.1, 0.15) is 5.82 Å². The largest absolute Gasteiger partial charge is 0.369 e. The molecule has 2 aromatic rings. The van der Waals surface area contributed by atoms with Crippen LogP contribution in [0.3, 0.4) is 0 Å². The molecule has 0 unspecified atom stereocenters. The summed E-state index contributed by atoms with van der Waals surface area (Å²) in [5.74, 6) is 0.689. The standard InChI is InChI=1S/C16H18Cl2N2/c1-4-7-19-16-14(18)9-13(17)15(20-16)12-8-10(2)5-6-11(12)3/h5-6,8-9H,4,7H2,1-3H3,(H,19,20). The Labute approximate surface area is 130 Å². The summed E-state index contributed by atoms with van der Waals surface area (Å²) in [7, 11) is 0. The van der Waals surface area contributed by atoms with Crippen LogP contribution < -0.4 is 5.32 Å². The van der Waals surface area contributed by atoms with Crippen molar-refractivity contribution >= 4 is 29.0 Å². The van der Waals surface area contributed by atoms with Crippen molar-refractivity contribution < 1.29 is 0 Å². The molecule has 0 saturated heterocycles. The molecule has 0 aliphatic rings. The summed E-state index contributed by atoms with van der Waals surface area (Å²) in [6.07, 6.45) is 1.01. The highest BCUT2D eigenvalue weighted by Gasteiger charge is 2.13. The first kappa shape index (κ1) is 15.1. The van der Waals surface area contributed by atoms with Crippen molar-refractivity contribution in [2.45, 2.75) is 27.2 Å². The van der Waals surface area contributed by atoms with Crippen LogP contribution in [0.1, 0.15) is 24.5 Å². The van der Waals surface area contributed by atoms with Gasteiger partial charge < -0.3 is 5.32 Å². The summed E-state index contributed by atoms with van der Waals surface area (Å²) in [6, 6.07) is 8.02. The molecule has 2 nitrogen and oxygen atoms in total. The van der Waals surface area contributed by atoms with Gasteiger partial charge in [0.2, 0.25) is 0 Å². The highest BCUT2D eigenvalue weighted by molar-refractivity contribution is 6.37. The van der Waals surface area contributed by atoms with Crippen LogP contribution in [0, 0.1) is 13.8 Å². The van der Waals surface area contributed by atoms with Crippen molar-refractivity contribution in [1.82, 2.24) is 4.98 Å². The number of benzene rings is 1. The van der Waals surface area contributed by atoms with E-state index in [1.54, 1.807) is 6.07 Å². The van der Waals surface area contributed by atoms with Gasteiger partial charge in [-0.15, -0.1) is 0 Å². The fraction of sp³-hybridized carbons (Fsp3) is 0.312. The van der Waals surface area contributed by atoms with Crippen molar-refractivity contribution in [3.8, 4) is 11.3 Å². The third kappa shape index (κ3) is 3.25. The topological polar surface area (TPSA) is 24.9 Å². The molecule has 1 heterocycles. The van der Waals surface area contributed by atoms with Gasteiger partial charge in [-0.05, 0) is 38.0 Å². The summed E-state index contributed by atoms with van der Waals surface area (Å²) in [4.78, 5) is 4.61. The van der Waals surface area contributed by atoms with Crippen LogP contribution in [0.25, 0.3) is 11.3 Å². The van der Waals surface area contributed by atoms with Crippen molar-refractivity contribution in [2.75, 3.05) is 11.9 Å². The van der Waals surface area contributed by atoms with Gasteiger partial charge in [0.05, 0.1) is 15.7 Å². The molecule has 4 heteroatoms. The Bertz CT molecular complexity index is 624. The van der Waals surface area contributed by atoms with Crippen LogP contribution in [-0.4, -0.2) is 11.5 Å². The molecule has 0 atom stereocenters. The van der Waals surface area contributed by atoms with Crippen molar-refractivity contribution in [2.24, 2.45) is 0 Å². The van der Waals surface area contributed by atoms with Crippen molar-refractivity contribution in [3.63, 3.8) is 0 Å². The van der Waals surface area contributed by atoms with Gasteiger partial charge in [-0.25, -0.2) is 4.98 Å².